The van der Waals surface area contributed by atoms with Crippen LogP contribution in [-0.2, 0) is 16.0 Å². The molecule has 0 saturated heterocycles. The molecule has 0 amide bonds. The third-order valence-corrected chi connectivity index (χ3v) is 7.14. The topological polar surface area (TPSA) is 115 Å². The van der Waals surface area contributed by atoms with E-state index >= 15 is 0 Å². The van der Waals surface area contributed by atoms with Gasteiger partial charge in [0.2, 0.25) is 0 Å². The summed E-state index contributed by atoms with van der Waals surface area (Å²) in [5.41, 5.74) is 4.95. The van der Waals surface area contributed by atoms with Crippen molar-refractivity contribution in [2.75, 3.05) is 13.2 Å². The molecular weight excluding hydrogens is 384 g/mol. The zero-order chi connectivity index (χ0) is 21.2. The van der Waals surface area contributed by atoms with Crippen LogP contribution in [0.3, 0.4) is 0 Å². The maximum absolute atomic E-state index is 11.8. The van der Waals surface area contributed by atoms with Gasteiger partial charge in [-0.1, -0.05) is 12.8 Å². The van der Waals surface area contributed by atoms with Crippen molar-refractivity contribution >= 4 is 5.97 Å². The highest BCUT2D eigenvalue weighted by molar-refractivity contribution is 5.78. The van der Waals surface area contributed by atoms with E-state index in [1.54, 1.807) is 18.3 Å². The van der Waals surface area contributed by atoms with Crippen molar-refractivity contribution in [1.29, 1.82) is 0 Å². The maximum Gasteiger partial charge on any atom is 0.337 e. The smallest absolute Gasteiger partial charge is 0.337 e. The van der Waals surface area contributed by atoms with Crippen LogP contribution in [0.4, 0.5) is 0 Å². The van der Waals surface area contributed by atoms with E-state index in [0.29, 0.717) is 23.5 Å². The van der Waals surface area contributed by atoms with E-state index < -0.39 is 17.6 Å². The number of nitrogens with two attached hydrogens (primary N) is 1. The first kappa shape index (κ1) is 21.5. The van der Waals surface area contributed by atoms with Crippen molar-refractivity contribution in [3.05, 3.63) is 24.0 Å². The van der Waals surface area contributed by atoms with Crippen LogP contribution in [0.15, 0.2) is 18.3 Å². The minimum absolute atomic E-state index is 0.00443. The van der Waals surface area contributed by atoms with Crippen molar-refractivity contribution in [1.82, 2.24) is 4.98 Å². The molecule has 7 heteroatoms. The van der Waals surface area contributed by atoms with Crippen LogP contribution in [-0.4, -0.2) is 52.1 Å². The van der Waals surface area contributed by atoms with Gasteiger partial charge >= 0.3 is 5.97 Å². The van der Waals surface area contributed by atoms with Gasteiger partial charge in [-0.25, -0.2) is 4.79 Å². The summed E-state index contributed by atoms with van der Waals surface area (Å²) < 4.78 is 11.7. The quantitative estimate of drug-likeness (QED) is 0.473. The molecule has 0 aliphatic heterocycles. The summed E-state index contributed by atoms with van der Waals surface area (Å²) in [7, 11) is 0. The van der Waals surface area contributed by atoms with Crippen LogP contribution < -0.4 is 10.5 Å². The number of nitrogens with zero attached hydrogens (tertiary/aromatic N) is 1. The lowest BCUT2D eigenvalue weighted by atomic mass is 9.85. The monoisotopic (exact) mass is 418 g/mol. The fourth-order valence-corrected chi connectivity index (χ4v) is 4.46. The van der Waals surface area contributed by atoms with Crippen LogP contribution >= 0.6 is 0 Å². The van der Waals surface area contributed by atoms with E-state index in [4.69, 9.17) is 15.2 Å². The molecule has 0 bridgehead atoms. The molecule has 2 atom stereocenters. The van der Waals surface area contributed by atoms with E-state index in [-0.39, 0.29) is 19.1 Å². The third-order valence-electron chi connectivity index (χ3n) is 7.14. The fourth-order valence-electron chi connectivity index (χ4n) is 4.46. The zero-order valence-corrected chi connectivity index (χ0v) is 17.6. The summed E-state index contributed by atoms with van der Waals surface area (Å²) in [5, 5.41) is 20.5. The summed E-state index contributed by atoms with van der Waals surface area (Å²) in [6.07, 6.45) is 12.3. The highest BCUT2D eigenvalue weighted by Crippen LogP contribution is 2.56. The Balaban J connectivity index is 1.32. The normalized spacial score (nSPS) is 23.7. The van der Waals surface area contributed by atoms with Crippen LogP contribution in [0.25, 0.3) is 0 Å². The Kier molecular flexibility index (Phi) is 6.32. The number of aliphatic carboxylic acids is 1. The lowest BCUT2D eigenvalue weighted by molar-refractivity contribution is -0.162. The van der Waals surface area contributed by atoms with E-state index in [1.807, 2.05) is 0 Å². The lowest BCUT2D eigenvalue weighted by Gasteiger charge is -2.30. The van der Waals surface area contributed by atoms with Gasteiger partial charge in [-0.15, -0.1) is 0 Å². The number of hydrogen-bond donors (Lipinski definition) is 3. The molecule has 7 nitrogen and oxygen atoms in total. The largest absolute Gasteiger partial charge is 0.490 e. The van der Waals surface area contributed by atoms with Gasteiger partial charge in [0.15, 0.2) is 5.60 Å². The first-order valence-corrected chi connectivity index (χ1v) is 11.3. The van der Waals surface area contributed by atoms with Crippen molar-refractivity contribution in [2.24, 2.45) is 17.1 Å². The fraction of sp³-hybridized carbons (Fsp3) is 0.739. The van der Waals surface area contributed by atoms with E-state index in [9.17, 15) is 15.0 Å². The number of pyridine rings is 1. The highest BCUT2D eigenvalue weighted by Gasteiger charge is 2.45. The molecule has 4 N–H and O–H groups in total. The number of hydrogen-bond acceptors (Lipinski definition) is 6. The molecule has 3 fully saturated rings. The van der Waals surface area contributed by atoms with Gasteiger partial charge in [-0.3, -0.25) is 4.98 Å². The molecule has 3 aliphatic rings. The molecule has 0 unspecified atom stereocenters. The van der Waals surface area contributed by atoms with Gasteiger partial charge in [0.25, 0.3) is 0 Å². The molecule has 1 heterocycles. The number of carboxylic acids is 1. The summed E-state index contributed by atoms with van der Waals surface area (Å²) in [6, 6.07) is 2.45. The molecular formula is C23H34N2O5. The highest BCUT2D eigenvalue weighted by atomic mass is 16.5. The number of carbonyl (C=O) groups is 1. The van der Waals surface area contributed by atoms with Crippen LogP contribution in [0.2, 0.25) is 0 Å². The van der Waals surface area contributed by atoms with Crippen molar-refractivity contribution < 1.29 is 24.5 Å². The standard InChI is InChI=1S/C23H34N2O5/c24-20(15-29-12-6-16-1-2-16)23(28,21(26)27)14-17-13-19(5-11-25-17)30-18-3-7-22(8-4-18)9-10-22/h5,11,13,16,18,20,28H,1-4,6-10,12,14-15,24H2,(H,26,27)/t20-,23+/m0/s1. The summed E-state index contributed by atoms with van der Waals surface area (Å²) in [5.74, 6) is 0.0279. The molecule has 0 aromatic carbocycles. The molecule has 4 rings (SSSR count). The average Bonchev–Trinajstić information content (AvgIpc) is 3.65. The first-order chi connectivity index (χ1) is 14.4. The van der Waals surface area contributed by atoms with Gasteiger partial charge in [0.05, 0.1) is 18.8 Å². The third kappa shape index (κ3) is 5.31. The van der Waals surface area contributed by atoms with Crippen molar-refractivity contribution in [2.45, 2.75) is 82.0 Å². The Morgan fingerprint density at radius 3 is 2.63 bits per heavy atom. The second kappa shape index (κ2) is 8.81. The Morgan fingerprint density at radius 2 is 2.00 bits per heavy atom. The van der Waals surface area contributed by atoms with Crippen LogP contribution in [0.1, 0.15) is 63.5 Å². The SMILES string of the molecule is N[C@@H](COCCC1CC1)[C@](O)(Cc1cc(OC2CCC3(CC2)CC3)ccn1)C(=O)O. The van der Waals surface area contributed by atoms with Gasteiger partial charge in [-0.2, -0.15) is 0 Å². The molecule has 3 saturated carbocycles. The number of rotatable bonds is 11. The van der Waals surface area contributed by atoms with E-state index in [0.717, 1.165) is 25.2 Å². The van der Waals surface area contributed by atoms with Gasteiger partial charge in [0, 0.05) is 31.0 Å². The Bertz CT molecular complexity index is 739. The predicted molar refractivity (Wildman–Crippen MR) is 111 cm³/mol. The second-order valence-electron chi connectivity index (χ2n) is 9.62. The molecule has 1 aromatic rings. The number of aromatic nitrogens is 1. The number of ether oxygens (including phenoxy) is 2. The van der Waals surface area contributed by atoms with Crippen LogP contribution in [0.5, 0.6) is 5.75 Å². The number of aliphatic hydroxyl groups is 1. The minimum Gasteiger partial charge on any atom is -0.490 e. The van der Waals surface area contributed by atoms with Gasteiger partial charge in [-0.05, 0) is 62.3 Å². The molecule has 1 aromatic heterocycles. The lowest BCUT2D eigenvalue weighted by Crippen LogP contribution is -2.57. The molecule has 1 spiro atoms. The zero-order valence-electron chi connectivity index (χ0n) is 17.6. The summed E-state index contributed by atoms with van der Waals surface area (Å²) in [4.78, 5) is 16.1. The van der Waals surface area contributed by atoms with Gasteiger partial charge in [0.1, 0.15) is 5.75 Å². The second-order valence-corrected chi connectivity index (χ2v) is 9.62. The predicted octanol–water partition coefficient (Wildman–Crippen LogP) is 2.69. The van der Waals surface area contributed by atoms with E-state index in [2.05, 4.69) is 4.98 Å². The summed E-state index contributed by atoms with van der Waals surface area (Å²) in [6.45, 7) is 0.536. The molecule has 0 radical (unpaired) electrons. The number of carboxylic acid groups (broad SMARTS) is 1. The molecule has 3 aliphatic carbocycles. The molecule has 166 valence electrons. The van der Waals surface area contributed by atoms with Crippen molar-refractivity contribution in [3.63, 3.8) is 0 Å². The maximum atomic E-state index is 11.8. The Morgan fingerprint density at radius 1 is 1.27 bits per heavy atom. The Hall–Kier alpha value is -1.70. The minimum atomic E-state index is -2.14. The summed E-state index contributed by atoms with van der Waals surface area (Å²) >= 11 is 0. The van der Waals surface area contributed by atoms with Crippen molar-refractivity contribution in [3.8, 4) is 5.75 Å². The van der Waals surface area contributed by atoms with Gasteiger partial charge < -0.3 is 25.4 Å². The van der Waals surface area contributed by atoms with E-state index in [1.165, 1.54) is 38.5 Å². The first-order valence-electron chi connectivity index (χ1n) is 11.3. The Labute approximate surface area is 178 Å². The molecule has 30 heavy (non-hydrogen) atoms. The van der Waals surface area contributed by atoms with Crippen LogP contribution in [0, 0.1) is 11.3 Å². The average molecular weight is 419 g/mol.